The molecule has 2 rings (SSSR count). The second-order valence-corrected chi connectivity index (χ2v) is 2.10. The summed E-state index contributed by atoms with van der Waals surface area (Å²) in [6, 6.07) is 0. The van der Waals surface area contributed by atoms with Crippen molar-refractivity contribution in [3.63, 3.8) is 0 Å². The molecule has 2 heterocycles. The zero-order valence-electron chi connectivity index (χ0n) is 4.54. The van der Waals surface area contributed by atoms with Gasteiger partial charge in [0.15, 0.2) is 0 Å². The largest absolute Gasteiger partial charge is 0.369 e. The van der Waals surface area contributed by atoms with Crippen LogP contribution >= 0.6 is 0 Å². The summed E-state index contributed by atoms with van der Waals surface area (Å²) in [7, 11) is 0. The van der Waals surface area contributed by atoms with Crippen LogP contribution in [0.2, 0.25) is 0 Å². The molecule has 2 atom stereocenters. The van der Waals surface area contributed by atoms with E-state index in [9.17, 15) is 0 Å². The Labute approximate surface area is 48.1 Å². The minimum atomic E-state index is 0.281. The molecular formula is C6H8O2. The lowest BCUT2D eigenvalue weighted by molar-refractivity contribution is -0.168. The molecule has 0 N–H and O–H groups in total. The van der Waals surface area contributed by atoms with Gasteiger partial charge >= 0.3 is 0 Å². The fourth-order valence-electron chi connectivity index (χ4n) is 0.977. The van der Waals surface area contributed by atoms with Gasteiger partial charge in [0.25, 0.3) is 0 Å². The van der Waals surface area contributed by atoms with Crippen LogP contribution in [0.25, 0.3) is 0 Å². The molecule has 0 aromatic carbocycles. The van der Waals surface area contributed by atoms with Crippen molar-refractivity contribution < 1.29 is 9.47 Å². The number of hydrogen-bond donors (Lipinski definition) is 0. The van der Waals surface area contributed by atoms with Gasteiger partial charge in [-0.3, -0.25) is 0 Å². The Morgan fingerprint density at radius 1 is 1.38 bits per heavy atom. The zero-order valence-corrected chi connectivity index (χ0v) is 4.54. The monoisotopic (exact) mass is 112 g/mol. The highest BCUT2D eigenvalue weighted by Gasteiger charge is 2.32. The van der Waals surface area contributed by atoms with Gasteiger partial charge in [-0.25, -0.2) is 0 Å². The Hall–Kier alpha value is -0.340. The van der Waals surface area contributed by atoms with E-state index in [0.717, 1.165) is 13.2 Å². The number of ether oxygens (including phenoxy) is 2. The predicted molar refractivity (Wildman–Crippen MR) is 28.6 cm³/mol. The summed E-state index contributed by atoms with van der Waals surface area (Å²) in [4.78, 5) is 0. The van der Waals surface area contributed by atoms with Crippen molar-refractivity contribution in [3.05, 3.63) is 12.2 Å². The first-order valence-corrected chi connectivity index (χ1v) is 2.87. The van der Waals surface area contributed by atoms with E-state index in [2.05, 4.69) is 6.08 Å². The lowest BCUT2D eigenvalue weighted by Crippen LogP contribution is -2.47. The fourth-order valence-corrected chi connectivity index (χ4v) is 0.977. The van der Waals surface area contributed by atoms with E-state index in [1.165, 1.54) is 0 Å². The van der Waals surface area contributed by atoms with Crippen molar-refractivity contribution in [1.82, 2.24) is 0 Å². The minimum absolute atomic E-state index is 0.281. The van der Waals surface area contributed by atoms with Crippen LogP contribution in [0.5, 0.6) is 0 Å². The maximum atomic E-state index is 5.27. The molecule has 0 aliphatic carbocycles. The van der Waals surface area contributed by atoms with Crippen molar-refractivity contribution in [2.24, 2.45) is 0 Å². The topological polar surface area (TPSA) is 18.5 Å². The molecule has 0 bridgehead atoms. The molecule has 0 aromatic rings. The third kappa shape index (κ3) is 0.501. The first kappa shape index (κ1) is 4.53. The Morgan fingerprint density at radius 3 is 2.75 bits per heavy atom. The summed E-state index contributed by atoms with van der Waals surface area (Å²) >= 11 is 0. The molecule has 0 saturated carbocycles. The van der Waals surface area contributed by atoms with Crippen LogP contribution in [0.3, 0.4) is 0 Å². The molecule has 2 nitrogen and oxygen atoms in total. The molecule has 8 heavy (non-hydrogen) atoms. The Kier molecular flexibility index (Phi) is 0.889. The summed E-state index contributed by atoms with van der Waals surface area (Å²) < 4.78 is 10.4. The van der Waals surface area contributed by atoms with Gasteiger partial charge in [0.1, 0.15) is 12.2 Å². The molecule has 2 heteroatoms. The van der Waals surface area contributed by atoms with Crippen molar-refractivity contribution in [2.45, 2.75) is 12.2 Å². The van der Waals surface area contributed by atoms with Crippen molar-refractivity contribution >= 4 is 0 Å². The summed E-state index contributed by atoms with van der Waals surface area (Å²) in [6.07, 6.45) is 4.72. The highest BCUT2D eigenvalue weighted by Crippen LogP contribution is 2.20. The SMILES string of the molecule is C1=C[C@H]2OC[C@H]2OC1. The molecule has 0 aromatic heterocycles. The van der Waals surface area contributed by atoms with Crippen LogP contribution in [-0.4, -0.2) is 25.4 Å². The highest BCUT2D eigenvalue weighted by molar-refractivity contribution is 5.02. The molecular weight excluding hydrogens is 104 g/mol. The molecule has 1 fully saturated rings. The van der Waals surface area contributed by atoms with E-state index in [0.29, 0.717) is 6.10 Å². The number of rotatable bonds is 0. The van der Waals surface area contributed by atoms with E-state index in [1.54, 1.807) is 0 Å². The molecule has 0 unspecified atom stereocenters. The van der Waals surface area contributed by atoms with Crippen LogP contribution in [0.4, 0.5) is 0 Å². The molecule has 0 amide bonds. The maximum Gasteiger partial charge on any atom is 0.111 e. The van der Waals surface area contributed by atoms with Gasteiger partial charge < -0.3 is 9.47 Å². The van der Waals surface area contributed by atoms with Gasteiger partial charge in [0.05, 0.1) is 13.2 Å². The smallest absolute Gasteiger partial charge is 0.111 e. The van der Waals surface area contributed by atoms with Gasteiger partial charge in [-0.1, -0.05) is 12.2 Å². The van der Waals surface area contributed by atoms with Crippen LogP contribution in [0.1, 0.15) is 0 Å². The third-order valence-electron chi connectivity index (χ3n) is 1.55. The van der Waals surface area contributed by atoms with Crippen LogP contribution in [0, 0.1) is 0 Å². The average Bonchev–Trinajstić information content (AvgIpc) is 1.72. The van der Waals surface area contributed by atoms with Crippen molar-refractivity contribution in [1.29, 1.82) is 0 Å². The van der Waals surface area contributed by atoms with Crippen LogP contribution in [0.15, 0.2) is 12.2 Å². The minimum Gasteiger partial charge on any atom is -0.369 e. The Morgan fingerprint density at radius 2 is 2.38 bits per heavy atom. The van der Waals surface area contributed by atoms with E-state index >= 15 is 0 Å². The average molecular weight is 112 g/mol. The van der Waals surface area contributed by atoms with Gasteiger partial charge in [0.2, 0.25) is 0 Å². The molecule has 44 valence electrons. The summed E-state index contributed by atoms with van der Waals surface area (Å²) in [5.41, 5.74) is 0. The predicted octanol–water partition coefficient (Wildman–Crippen LogP) is 0.340. The molecule has 1 saturated heterocycles. The Bertz CT molecular complexity index is 120. The van der Waals surface area contributed by atoms with Crippen molar-refractivity contribution in [3.8, 4) is 0 Å². The van der Waals surface area contributed by atoms with Crippen molar-refractivity contribution in [2.75, 3.05) is 13.2 Å². The highest BCUT2D eigenvalue weighted by atomic mass is 16.6. The van der Waals surface area contributed by atoms with E-state index in [4.69, 9.17) is 9.47 Å². The lowest BCUT2D eigenvalue weighted by atomic mass is 10.1. The van der Waals surface area contributed by atoms with Gasteiger partial charge in [-0.05, 0) is 0 Å². The third-order valence-corrected chi connectivity index (χ3v) is 1.55. The van der Waals surface area contributed by atoms with Gasteiger partial charge in [0, 0.05) is 0 Å². The first-order chi connectivity index (χ1) is 3.97. The second-order valence-electron chi connectivity index (χ2n) is 2.10. The summed E-state index contributed by atoms with van der Waals surface area (Å²) in [6.45, 7) is 1.56. The number of fused-ring (bicyclic) bond motifs is 1. The molecule has 0 radical (unpaired) electrons. The van der Waals surface area contributed by atoms with Crippen LogP contribution in [-0.2, 0) is 9.47 Å². The fraction of sp³-hybridized carbons (Fsp3) is 0.667. The second kappa shape index (κ2) is 1.57. The zero-order chi connectivity index (χ0) is 5.40. The maximum absolute atomic E-state index is 5.27. The lowest BCUT2D eigenvalue weighted by Gasteiger charge is -2.36. The molecule has 2 aliphatic heterocycles. The van der Waals surface area contributed by atoms with E-state index in [-0.39, 0.29) is 6.10 Å². The summed E-state index contributed by atoms with van der Waals surface area (Å²) in [5.74, 6) is 0. The summed E-state index contributed by atoms with van der Waals surface area (Å²) in [5, 5.41) is 0. The van der Waals surface area contributed by atoms with Gasteiger partial charge in [-0.2, -0.15) is 0 Å². The van der Waals surface area contributed by atoms with E-state index in [1.807, 2.05) is 6.08 Å². The molecule has 0 spiro atoms. The quantitative estimate of drug-likeness (QED) is 0.421. The normalized spacial score (nSPS) is 43.0. The van der Waals surface area contributed by atoms with Crippen LogP contribution < -0.4 is 0 Å². The Balaban J connectivity index is 2.08. The standard InChI is InChI=1S/C6H8O2/c1-2-5-6(4-8-5)7-3-1/h1-2,5-6H,3-4H2/t5-,6-/m1/s1. The van der Waals surface area contributed by atoms with E-state index < -0.39 is 0 Å². The first-order valence-electron chi connectivity index (χ1n) is 2.87. The van der Waals surface area contributed by atoms with Gasteiger partial charge in [-0.15, -0.1) is 0 Å². The molecule has 2 aliphatic rings. The number of hydrogen-bond acceptors (Lipinski definition) is 2.